The standard InChI is InChI=1S/C10H18BrNO/c11-7-2-1-3-10(13)12-8-6-9-4-5-9/h9H,1-8H2,(H,12,13). The van der Waals surface area contributed by atoms with Crippen molar-refractivity contribution in [3.63, 3.8) is 0 Å². The van der Waals surface area contributed by atoms with Crippen molar-refractivity contribution in [2.45, 2.75) is 38.5 Å². The van der Waals surface area contributed by atoms with Crippen molar-refractivity contribution in [2.24, 2.45) is 5.92 Å². The van der Waals surface area contributed by atoms with Crippen LogP contribution in [0.2, 0.25) is 0 Å². The van der Waals surface area contributed by atoms with Crippen LogP contribution in [-0.2, 0) is 4.79 Å². The number of rotatable bonds is 7. The van der Waals surface area contributed by atoms with Gasteiger partial charge >= 0.3 is 0 Å². The number of amides is 1. The van der Waals surface area contributed by atoms with Crippen LogP contribution in [0, 0.1) is 5.92 Å². The SMILES string of the molecule is O=C(CCCCBr)NCCC1CC1. The lowest BCUT2D eigenvalue weighted by Crippen LogP contribution is -2.24. The van der Waals surface area contributed by atoms with Gasteiger partial charge in [0.2, 0.25) is 5.91 Å². The van der Waals surface area contributed by atoms with Gasteiger partial charge in [0.1, 0.15) is 0 Å². The normalized spacial score (nSPS) is 15.8. The molecule has 1 saturated carbocycles. The number of halogens is 1. The van der Waals surface area contributed by atoms with Crippen molar-refractivity contribution in [3.05, 3.63) is 0 Å². The van der Waals surface area contributed by atoms with Gasteiger partial charge in [0.25, 0.3) is 0 Å². The molecule has 0 aromatic heterocycles. The van der Waals surface area contributed by atoms with E-state index in [-0.39, 0.29) is 5.91 Å². The Balaban J connectivity index is 1.84. The van der Waals surface area contributed by atoms with E-state index in [1.54, 1.807) is 0 Å². The van der Waals surface area contributed by atoms with Crippen LogP contribution in [-0.4, -0.2) is 17.8 Å². The van der Waals surface area contributed by atoms with E-state index >= 15 is 0 Å². The fraction of sp³-hybridized carbons (Fsp3) is 0.900. The fourth-order valence-corrected chi connectivity index (χ4v) is 1.69. The Morgan fingerprint density at radius 2 is 2.15 bits per heavy atom. The second-order valence-corrected chi connectivity index (χ2v) is 4.52. The maximum absolute atomic E-state index is 11.2. The second-order valence-electron chi connectivity index (χ2n) is 3.73. The van der Waals surface area contributed by atoms with E-state index in [9.17, 15) is 4.79 Å². The average molecular weight is 248 g/mol. The Morgan fingerprint density at radius 3 is 2.77 bits per heavy atom. The monoisotopic (exact) mass is 247 g/mol. The minimum Gasteiger partial charge on any atom is -0.356 e. The Labute approximate surface area is 88.6 Å². The van der Waals surface area contributed by atoms with Crippen LogP contribution < -0.4 is 5.32 Å². The van der Waals surface area contributed by atoms with Gasteiger partial charge in [-0.05, 0) is 25.2 Å². The van der Waals surface area contributed by atoms with Gasteiger partial charge < -0.3 is 5.32 Å². The molecule has 76 valence electrons. The molecule has 0 bridgehead atoms. The molecule has 0 spiro atoms. The minimum absolute atomic E-state index is 0.224. The Bertz CT molecular complexity index is 157. The van der Waals surface area contributed by atoms with Crippen LogP contribution in [0.15, 0.2) is 0 Å². The largest absolute Gasteiger partial charge is 0.356 e. The first kappa shape index (κ1) is 11.0. The summed E-state index contributed by atoms with van der Waals surface area (Å²) in [5.41, 5.74) is 0. The number of alkyl halides is 1. The fourth-order valence-electron chi connectivity index (χ4n) is 1.29. The van der Waals surface area contributed by atoms with Crippen molar-refractivity contribution < 1.29 is 4.79 Å². The van der Waals surface area contributed by atoms with Gasteiger partial charge in [-0.15, -0.1) is 0 Å². The predicted molar refractivity (Wildman–Crippen MR) is 58.0 cm³/mol. The lowest BCUT2D eigenvalue weighted by molar-refractivity contribution is -0.121. The van der Waals surface area contributed by atoms with Crippen molar-refractivity contribution in [1.29, 1.82) is 0 Å². The maximum atomic E-state index is 11.2. The lowest BCUT2D eigenvalue weighted by atomic mass is 10.2. The Kier molecular flexibility index (Phi) is 5.44. The summed E-state index contributed by atoms with van der Waals surface area (Å²) in [5.74, 6) is 1.14. The molecular weight excluding hydrogens is 230 g/mol. The molecule has 1 aliphatic rings. The summed E-state index contributed by atoms with van der Waals surface area (Å²) in [6, 6.07) is 0. The zero-order chi connectivity index (χ0) is 9.52. The molecule has 0 aromatic carbocycles. The molecule has 0 aromatic rings. The van der Waals surface area contributed by atoms with Crippen LogP contribution in [0.3, 0.4) is 0 Å². The molecule has 3 heteroatoms. The third kappa shape index (κ3) is 6.08. The summed E-state index contributed by atoms with van der Waals surface area (Å²) >= 11 is 3.35. The van der Waals surface area contributed by atoms with Crippen molar-refractivity contribution >= 4 is 21.8 Å². The molecule has 0 heterocycles. The van der Waals surface area contributed by atoms with E-state index < -0.39 is 0 Å². The zero-order valence-corrected chi connectivity index (χ0v) is 9.61. The van der Waals surface area contributed by atoms with Gasteiger partial charge in [0, 0.05) is 18.3 Å². The Hall–Kier alpha value is -0.0500. The number of carbonyl (C=O) groups excluding carboxylic acids is 1. The number of hydrogen-bond donors (Lipinski definition) is 1. The van der Waals surface area contributed by atoms with Crippen LogP contribution in [0.4, 0.5) is 0 Å². The van der Waals surface area contributed by atoms with Crippen LogP contribution in [0.5, 0.6) is 0 Å². The van der Waals surface area contributed by atoms with Crippen LogP contribution >= 0.6 is 15.9 Å². The Morgan fingerprint density at radius 1 is 1.38 bits per heavy atom. The van der Waals surface area contributed by atoms with E-state index in [0.29, 0.717) is 6.42 Å². The summed E-state index contributed by atoms with van der Waals surface area (Å²) in [5, 5.41) is 3.96. The van der Waals surface area contributed by atoms with Crippen molar-refractivity contribution in [3.8, 4) is 0 Å². The zero-order valence-electron chi connectivity index (χ0n) is 8.02. The highest BCUT2D eigenvalue weighted by Gasteiger charge is 2.20. The molecule has 2 nitrogen and oxygen atoms in total. The third-order valence-electron chi connectivity index (χ3n) is 2.36. The molecule has 13 heavy (non-hydrogen) atoms. The first-order valence-corrected chi connectivity index (χ1v) is 6.27. The summed E-state index contributed by atoms with van der Waals surface area (Å²) < 4.78 is 0. The summed E-state index contributed by atoms with van der Waals surface area (Å²) in [4.78, 5) is 11.2. The van der Waals surface area contributed by atoms with Gasteiger partial charge in [-0.2, -0.15) is 0 Å². The molecule has 0 saturated heterocycles. The van der Waals surface area contributed by atoms with Crippen LogP contribution in [0.25, 0.3) is 0 Å². The highest BCUT2D eigenvalue weighted by Crippen LogP contribution is 2.31. The van der Waals surface area contributed by atoms with Crippen LogP contribution in [0.1, 0.15) is 38.5 Å². The highest BCUT2D eigenvalue weighted by molar-refractivity contribution is 9.09. The third-order valence-corrected chi connectivity index (χ3v) is 2.92. The molecule has 0 atom stereocenters. The van der Waals surface area contributed by atoms with E-state index in [2.05, 4.69) is 21.2 Å². The first-order chi connectivity index (χ1) is 6.33. The molecule has 1 aliphatic carbocycles. The van der Waals surface area contributed by atoms with E-state index in [0.717, 1.165) is 30.6 Å². The number of carbonyl (C=O) groups is 1. The van der Waals surface area contributed by atoms with Crippen molar-refractivity contribution in [2.75, 3.05) is 11.9 Å². The number of unbranched alkanes of at least 4 members (excludes halogenated alkanes) is 1. The van der Waals surface area contributed by atoms with E-state index in [1.807, 2.05) is 0 Å². The molecule has 1 rings (SSSR count). The van der Waals surface area contributed by atoms with Crippen molar-refractivity contribution in [1.82, 2.24) is 5.32 Å². The number of hydrogen-bond acceptors (Lipinski definition) is 1. The first-order valence-electron chi connectivity index (χ1n) is 5.15. The van der Waals surface area contributed by atoms with E-state index in [4.69, 9.17) is 0 Å². The quantitative estimate of drug-likeness (QED) is 0.544. The lowest BCUT2D eigenvalue weighted by Gasteiger charge is -2.03. The second kappa shape index (κ2) is 6.41. The maximum Gasteiger partial charge on any atom is 0.219 e. The average Bonchev–Trinajstić information content (AvgIpc) is 2.89. The van der Waals surface area contributed by atoms with Gasteiger partial charge in [0.05, 0.1) is 0 Å². The predicted octanol–water partition coefficient (Wildman–Crippen LogP) is 2.47. The topological polar surface area (TPSA) is 29.1 Å². The van der Waals surface area contributed by atoms with Gasteiger partial charge in [-0.1, -0.05) is 28.8 Å². The minimum atomic E-state index is 0.224. The van der Waals surface area contributed by atoms with E-state index in [1.165, 1.54) is 19.3 Å². The smallest absolute Gasteiger partial charge is 0.219 e. The molecule has 1 amide bonds. The molecule has 1 N–H and O–H groups in total. The summed E-state index contributed by atoms with van der Waals surface area (Å²) in [7, 11) is 0. The molecule has 0 radical (unpaired) electrons. The molecular formula is C10H18BrNO. The molecule has 0 unspecified atom stereocenters. The molecule has 0 aliphatic heterocycles. The summed E-state index contributed by atoms with van der Waals surface area (Å²) in [6.07, 6.45) is 6.72. The molecule has 1 fully saturated rings. The highest BCUT2D eigenvalue weighted by atomic mass is 79.9. The van der Waals surface area contributed by atoms with Gasteiger partial charge in [-0.3, -0.25) is 4.79 Å². The van der Waals surface area contributed by atoms with Gasteiger partial charge in [0.15, 0.2) is 0 Å². The van der Waals surface area contributed by atoms with Gasteiger partial charge in [-0.25, -0.2) is 0 Å². The summed E-state index contributed by atoms with van der Waals surface area (Å²) in [6.45, 7) is 0.887. The number of nitrogens with one attached hydrogen (secondary N) is 1.